The second-order valence-electron chi connectivity index (χ2n) is 13.1. The van der Waals surface area contributed by atoms with Crippen molar-refractivity contribution in [3.05, 3.63) is 101 Å². The molecule has 0 spiro atoms. The van der Waals surface area contributed by atoms with E-state index in [0.717, 1.165) is 29.0 Å². The minimum Gasteiger partial charge on any atom is -0.493 e. The second-order valence-corrected chi connectivity index (χ2v) is 14.1. The van der Waals surface area contributed by atoms with Crippen LogP contribution >= 0.6 is 11.3 Å². The Labute approximate surface area is 316 Å². The number of nitrogens with one attached hydrogen (secondary N) is 3. The number of para-hydroxylation sites is 1. The van der Waals surface area contributed by atoms with Crippen molar-refractivity contribution in [3.8, 4) is 22.1 Å². The van der Waals surface area contributed by atoms with Crippen molar-refractivity contribution in [1.29, 1.82) is 0 Å². The Morgan fingerprint density at radius 2 is 1.76 bits per heavy atom. The number of nitrogens with zero attached hydrogens (tertiary/aromatic N) is 4. The zero-order valence-electron chi connectivity index (χ0n) is 30.0. The number of fused-ring (bicyclic) bond motifs is 2. The average molecular weight is 746 g/mol. The number of carbonyl (C=O) groups is 4. The number of hydrogen-bond donors (Lipinski definition) is 3. The lowest BCUT2D eigenvalue weighted by molar-refractivity contribution is -0.116. The van der Waals surface area contributed by atoms with Gasteiger partial charge in [-0.15, -0.1) is 11.3 Å². The average Bonchev–Trinajstić information content (AvgIpc) is 3.89. The van der Waals surface area contributed by atoms with Crippen molar-refractivity contribution in [2.24, 2.45) is 12.0 Å². The van der Waals surface area contributed by atoms with E-state index in [2.05, 4.69) is 25.9 Å². The summed E-state index contributed by atoms with van der Waals surface area (Å²) in [6, 6.07) is 19.7. The molecular weight excluding hydrogens is 707 g/mol. The van der Waals surface area contributed by atoms with Crippen LogP contribution in [0.4, 0.5) is 22.7 Å². The molecule has 13 nitrogen and oxygen atoms in total. The fraction of sp³-hybridized carbons (Fsp3) is 0.250. The first-order valence-corrected chi connectivity index (χ1v) is 18.4. The van der Waals surface area contributed by atoms with E-state index in [9.17, 15) is 19.2 Å². The van der Waals surface area contributed by atoms with Gasteiger partial charge in [-0.2, -0.15) is 0 Å². The van der Waals surface area contributed by atoms with Crippen LogP contribution in [0.1, 0.15) is 61.8 Å². The Morgan fingerprint density at radius 1 is 0.944 bits per heavy atom. The molecular formula is C40H39N7O6S. The van der Waals surface area contributed by atoms with Gasteiger partial charge in [0.1, 0.15) is 5.69 Å². The number of ether oxygens (including phenoxy) is 2. The van der Waals surface area contributed by atoms with Crippen LogP contribution in [0.25, 0.3) is 10.6 Å². The van der Waals surface area contributed by atoms with Gasteiger partial charge < -0.3 is 34.9 Å². The molecule has 2 aliphatic rings. The van der Waals surface area contributed by atoms with Crippen LogP contribution in [-0.4, -0.2) is 70.6 Å². The van der Waals surface area contributed by atoms with E-state index in [1.807, 2.05) is 54.4 Å². The zero-order chi connectivity index (χ0) is 37.8. The highest BCUT2D eigenvalue weighted by Crippen LogP contribution is 2.38. The standard InChI is InChI=1S/C40H39N7O6S/c1-24-17-35(54-37(24)39(50)44-25-9-5-4-6-10-25)30-14-13-26(21-41-30)45-38(49)32-18-27(23-46(32)2)43-36(48)12-8-16-53-34-20-31-29(19-33(34)52-3)40(51)47-15-7-11-28(47)22-42-31/h4-6,9-10,13-14,17-23,28H,7-8,11-12,15-16H2,1-3H3,(H,43,48)(H,44,50)(H,45,49)/t28-/m0/s1. The SMILES string of the molecule is COc1cc2c(cc1OCCCC(=O)Nc1cc(C(=O)Nc3ccc(-c4cc(C)c(C(=O)Nc5ccccc5)s4)nc3)n(C)c1)N=C[C@@H]1CCCN1C2=O. The topological polar surface area (TPSA) is 156 Å². The summed E-state index contributed by atoms with van der Waals surface area (Å²) in [6.07, 6.45) is 7.51. The summed E-state index contributed by atoms with van der Waals surface area (Å²) in [7, 11) is 3.24. The number of rotatable bonds is 12. The van der Waals surface area contributed by atoms with Gasteiger partial charge >= 0.3 is 0 Å². The lowest BCUT2D eigenvalue weighted by Crippen LogP contribution is -2.35. The summed E-state index contributed by atoms with van der Waals surface area (Å²) < 4.78 is 13.1. The highest BCUT2D eigenvalue weighted by Gasteiger charge is 2.32. The summed E-state index contributed by atoms with van der Waals surface area (Å²) in [5.41, 5.74) is 4.59. The molecule has 4 amide bonds. The monoisotopic (exact) mass is 745 g/mol. The maximum atomic E-state index is 13.2. The van der Waals surface area contributed by atoms with E-state index in [4.69, 9.17) is 9.47 Å². The van der Waals surface area contributed by atoms with Crippen molar-refractivity contribution >= 4 is 63.9 Å². The van der Waals surface area contributed by atoms with Crippen molar-refractivity contribution in [2.45, 2.75) is 38.6 Å². The maximum Gasteiger partial charge on any atom is 0.272 e. The van der Waals surface area contributed by atoms with Gasteiger partial charge in [-0.1, -0.05) is 18.2 Å². The van der Waals surface area contributed by atoms with E-state index in [1.54, 1.807) is 54.3 Å². The number of methoxy groups -OCH3 is 1. The quantitative estimate of drug-likeness (QED) is 0.115. The molecule has 0 aliphatic carbocycles. The Bertz CT molecular complexity index is 2250. The van der Waals surface area contributed by atoms with E-state index < -0.39 is 0 Å². The highest BCUT2D eigenvalue weighted by molar-refractivity contribution is 7.17. The Hall–Kier alpha value is -6.28. The number of hydrogen-bond acceptors (Lipinski definition) is 9. The molecule has 1 atom stereocenters. The van der Waals surface area contributed by atoms with Crippen molar-refractivity contribution in [1.82, 2.24) is 14.5 Å². The Morgan fingerprint density at radius 3 is 2.54 bits per heavy atom. The molecule has 3 N–H and O–H groups in total. The van der Waals surface area contributed by atoms with Crippen LogP contribution in [0.2, 0.25) is 0 Å². The van der Waals surface area contributed by atoms with Gasteiger partial charge in [-0.25, -0.2) is 0 Å². The fourth-order valence-electron chi connectivity index (χ4n) is 6.47. The van der Waals surface area contributed by atoms with Crippen LogP contribution in [0.5, 0.6) is 11.5 Å². The number of aromatic nitrogens is 2. The fourth-order valence-corrected chi connectivity index (χ4v) is 7.51. The molecule has 14 heteroatoms. The van der Waals surface area contributed by atoms with Gasteiger partial charge in [-0.3, -0.25) is 29.2 Å². The normalized spacial score (nSPS) is 14.5. The van der Waals surface area contributed by atoms with Gasteiger partial charge in [0.15, 0.2) is 11.5 Å². The third kappa shape index (κ3) is 7.88. The van der Waals surface area contributed by atoms with Crippen LogP contribution < -0.4 is 25.4 Å². The summed E-state index contributed by atoms with van der Waals surface area (Å²) in [4.78, 5) is 64.3. The lowest BCUT2D eigenvalue weighted by Gasteiger charge is -2.20. The molecule has 276 valence electrons. The second kappa shape index (κ2) is 15.8. The van der Waals surface area contributed by atoms with E-state index in [-0.39, 0.29) is 42.7 Å². The summed E-state index contributed by atoms with van der Waals surface area (Å²) >= 11 is 1.35. The van der Waals surface area contributed by atoms with Crippen LogP contribution in [0.15, 0.2) is 84.1 Å². The lowest BCUT2D eigenvalue weighted by atomic mass is 10.1. The van der Waals surface area contributed by atoms with Crippen LogP contribution in [0.3, 0.4) is 0 Å². The number of amides is 4. The highest BCUT2D eigenvalue weighted by atomic mass is 32.1. The molecule has 2 aliphatic heterocycles. The molecule has 1 fully saturated rings. The number of benzene rings is 2. The number of aryl methyl sites for hydroxylation is 2. The molecule has 2 aromatic carbocycles. The van der Waals surface area contributed by atoms with Gasteiger partial charge in [0.2, 0.25) is 5.91 Å². The first-order valence-electron chi connectivity index (χ1n) is 17.6. The molecule has 1 saturated heterocycles. The zero-order valence-corrected chi connectivity index (χ0v) is 30.9. The van der Waals surface area contributed by atoms with Gasteiger partial charge in [0.05, 0.1) is 64.0 Å². The van der Waals surface area contributed by atoms with Gasteiger partial charge in [0, 0.05) is 44.2 Å². The molecule has 54 heavy (non-hydrogen) atoms. The van der Waals surface area contributed by atoms with Crippen LogP contribution in [-0.2, 0) is 11.8 Å². The number of thiophene rings is 1. The summed E-state index contributed by atoms with van der Waals surface area (Å²) in [5, 5.41) is 8.62. The van der Waals surface area contributed by atoms with E-state index in [0.29, 0.717) is 63.4 Å². The Kier molecular flexibility index (Phi) is 10.5. The number of pyridine rings is 1. The van der Waals surface area contributed by atoms with Gasteiger partial charge in [0.25, 0.3) is 17.7 Å². The minimum absolute atomic E-state index is 0.00367. The molecule has 5 heterocycles. The molecule has 0 saturated carbocycles. The third-order valence-corrected chi connectivity index (χ3v) is 10.5. The van der Waals surface area contributed by atoms with Crippen molar-refractivity contribution < 1.29 is 28.7 Å². The van der Waals surface area contributed by atoms with E-state index in [1.165, 1.54) is 18.4 Å². The molecule has 0 radical (unpaired) electrons. The first kappa shape index (κ1) is 36.1. The molecule has 7 rings (SSSR count). The van der Waals surface area contributed by atoms with Crippen molar-refractivity contribution in [3.63, 3.8) is 0 Å². The predicted molar refractivity (Wildman–Crippen MR) is 209 cm³/mol. The predicted octanol–water partition coefficient (Wildman–Crippen LogP) is 7.09. The smallest absolute Gasteiger partial charge is 0.272 e. The minimum atomic E-state index is -0.367. The number of carbonyl (C=O) groups excluding carboxylic acids is 4. The Balaban J connectivity index is 0.900. The third-order valence-electron chi connectivity index (χ3n) is 9.21. The molecule has 0 unspecified atom stereocenters. The van der Waals surface area contributed by atoms with Crippen LogP contribution in [0, 0.1) is 6.92 Å². The summed E-state index contributed by atoms with van der Waals surface area (Å²) in [5.74, 6) is 0.0367. The molecule has 0 bridgehead atoms. The molecule has 3 aromatic heterocycles. The maximum absolute atomic E-state index is 13.2. The summed E-state index contributed by atoms with van der Waals surface area (Å²) in [6.45, 7) is 2.83. The van der Waals surface area contributed by atoms with Gasteiger partial charge in [-0.05, 0) is 74.2 Å². The first-order chi connectivity index (χ1) is 26.2. The van der Waals surface area contributed by atoms with Crippen molar-refractivity contribution in [2.75, 3.05) is 36.2 Å². The van der Waals surface area contributed by atoms with E-state index >= 15 is 0 Å². The number of aliphatic imine (C=N–C) groups is 1. The largest absolute Gasteiger partial charge is 0.493 e. The number of anilines is 3. The molecule has 5 aromatic rings.